The van der Waals surface area contributed by atoms with Crippen LogP contribution in [0.1, 0.15) is 192 Å². The smallest absolute Gasteiger partial charge is 0.254 e. The maximum atomic E-state index is 16.0. The molecule has 26 N–H and O–H groups in total. The Labute approximate surface area is 704 Å². The lowest BCUT2D eigenvalue weighted by molar-refractivity contribution is -0.147. The lowest BCUT2D eigenvalue weighted by atomic mass is 9.90. The number of hydrogen-bond acceptors (Lipinski definition) is 15. The second-order valence-corrected chi connectivity index (χ2v) is 29.3. The molecular formula is C82H140ClN27O8. The average molecular weight is 1670 g/mol. The molecule has 0 saturated carbocycles. The second-order valence-electron chi connectivity index (χ2n) is 29.3. The van der Waals surface area contributed by atoms with Gasteiger partial charge in [0.25, 0.3) is 5.91 Å². The summed E-state index contributed by atoms with van der Waals surface area (Å²) in [6, 6.07) is 19.8. The monoisotopic (exact) mass is 1670 g/mol. The van der Waals surface area contributed by atoms with Gasteiger partial charge in [-0.2, -0.15) is 0 Å². The Balaban J connectivity index is 0.0000360. The number of amides is 7. The molecule has 1 heterocycles. The third kappa shape index (κ3) is 39.4. The molecular weight excluding hydrogens is 1530 g/mol. The van der Waals surface area contributed by atoms with Crippen LogP contribution in [-0.4, -0.2) is 250 Å². The summed E-state index contributed by atoms with van der Waals surface area (Å²) < 4.78 is 9.12. The van der Waals surface area contributed by atoms with Crippen molar-refractivity contribution in [3.8, 4) is 22.5 Å². The summed E-state index contributed by atoms with van der Waals surface area (Å²) >= 11 is 0. The van der Waals surface area contributed by atoms with Gasteiger partial charge >= 0.3 is 0 Å². The van der Waals surface area contributed by atoms with Gasteiger partial charge in [0.05, 0.1) is 38.8 Å². The van der Waals surface area contributed by atoms with Crippen molar-refractivity contribution in [2.45, 2.75) is 182 Å². The van der Waals surface area contributed by atoms with Gasteiger partial charge in [0.2, 0.25) is 40.8 Å². The van der Waals surface area contributed by atoms with Gasteiger partial charge in [0.1, 0.15) is 31.0 Å². The summed E-state index contributed by atoms with van der Waals surface area (Å²) in [5, 5.41) is 1.77. The maximum absolute atomic E-state index is 16.0. The van der Waals surface area contributed by atoms with Crippen LogP contribution >= 0.6 is 0 Å². The fourth-order valence-corrected chi connectivity index (χ4v) is 13.9. The van der Waals surface area contributed by atoms with Gasteiger partial charge in [0.15, 0.2) is 35.8 Å². The molecule has 2 aromatic rings. The minimum atomic E-state index is -0.731. The van der Waals surface area contributed by atoms with Crippen LogP contribution in [0.2, 0.25) is 0 Å². The third-order valence-electron chi connectivity index (χ3n) is 20.2. The molecule has 0 fully saturated rings. The Morgan fingerprint density at radius 1 is 0.347 bits per heavy atom. The Morgan fingerprint density at radius 2 is 0.661 bits per heavy atom. The number of unbranched alkanes of at least 4 members (excludes halogenated alkanes) is 18. The van der Waals surface area contributed by atoms with E-state index >= 15 is 24.0 Å². The van der Waals surface area contributed by atoms with Crippen molar-refractivity contribution < 1.29 is 50.4 Å². The standard InChI is InChI=1S/C82H139N27O8.ClH/c1-5-102(6-2)61-37-39-65-67(53-61)117-68-54-62(103(7-3)8-4)38-40-66(68)75(65)63-35-21-22-36-64(63)76(116)109(52-34-20-14-28-46-101-82(94)95)60-74(115)108(51-33-19-13-27-45-100-81(92)93)59-73(114)107(50-32-18-12-26-44-99-80(90)91)58-72(113)106(49-31-17-11-25-43-98-79(88)89)57-71(112)105(48-30-16-10-24-42-97-78(86)87)56-70(111)104(55-69(83)110)47-29-15-9-23-41-96-77(84)85;/h21-22,35-40,53-54H,5-20,23-34,41-52,55-60H2,1-4H3,(H25-,83,84,85,86,87,88,89,90,91,92,93,94,95,96,97,98,99,100,101,110);1H. The van der Waals surface area contributed by atoms with Crippen LogP contribution in [-0.2, 0) is 28.8 Å². The Kier molecular flexibility index (Phi) is 49.9. The third-order valence-corrected chi connectivity index (χ3v) is 20.2. The zero-order valence-corrected chi connectivity index (χ0v) is 71.5. The summed E-state index contributed by atoms with van der Waals surface area (Å²) in [5.41, 5.74) is 77.3. The van der Waals surface area contributed by atoms with E-state index in [-0.39, 0.29) is 94.0 Å². The summed E-state index contributed by atoms with van der Waals surface area (Å²) in [6.07, 6.45) is 14.9. The number of rotatable bonds is 61. The Hall–Kier alpha value is -10.9. The number of benzene rings is 3. The van der Waals surface area contributed by atoms with E-state index in [4.69, 9.17) is 79.0 Å². The number of hydrogen-bond donors (Lipinski definition) is 13. The maximum Gasteiger partial charge on any atom is 0.254 e. The van der Waals surface area contributed by atoms with Crippen molar-refractivity contribution >= 4 is 93.8 Å². The van der Waals surface area contributed by atoms with E-state index in [1.165, 1.54) is 24.5 Å². The van der Waals surface area contributed by atoms with E-state index in [0.29, 0.717) is 203 Å². The lowest BCUT2D eigenvalue weighted by Gasteiger charge is -2.32. The molecule has 36 heteroatoms. The van der Waals surface area contributed by atoms with E-state index in [1.54, 1.807) is 11.0 Å². The fourth-order valence-electron chi connectivity index (χ4n) is 13.9. The topological polar surface area (TPSA) is 571 Å². The molecule has 0 atom stereocenters. The van der Waals surface area contributed by atoms with E-state index < -0.39 is 74.1 Å². The van der Waals surface area contributed by atoms with E-state index in [0.717, 1.165) is 66.6 Å². The predicted molar refractivity (Wildman–Crippen MR) is 471 cm³/mol. The molecule has 0 spiro atoms. The number of halogens is 1. The molecule has 2 aliphatic rings. The van der Waals surface area contributed by atoms with Gasteiger partial charge in [-0.1, -0.05) is 95.2 Å². The van der Waals surface area contributed by atoms with Crippen molar-refractivity contribution in [1.82, 2.24) is 34.0 Å². The number of fused-ring (bicyclic) bond motifs is 2. The zero-order chi connectivity index (χ0) is 85.9. The highest BCUT2D eigenvalue weighted by Gasteiger charge is 2.32. The molecule has 2 aromatic carbocycles. The van der Waals surface area contributed by atoms with Crippen LogP contribution in [0.15, 0.2) is 95.0 Å². The van der Waals surface area contributed by atoms with Crippen molar-refractivity contribution in [3.05, 3.63) is 71.6 Å². The molecule has 0 radical (unpaired) electrons. The molecule has 0 aromatic heterocycles. The molecule has 7 amide bonds. The average Bonchev–Trinajstić information content (AvgIpc) is 0.743. The largest absolute Gasteiger partial charge is 1.00 e. The van der Waals surface area contributed by atoms with Gasteiger partial charge in [-0.25, -0.2) is 4.58 Å². The van der Waals surface area contributed by atoms with E-state index in [1.807, 2.05) is 42.5 Å². The fraction of sp³-hybridized carbons (Fsp3) is 0.610. The minimum Gasteiger partial charge on any atom is -1.00 e. The number of anilines is 1. The highest BCUT2D eigenvalue weighted by Crippen LogP contribution is 2.42. The second kappa shape index (κ2) is 58.1. The minimum absolute atomic E-state index is 0. The number of aliphatic imine (C=N–C) groups is 6. The van der Waals surface area contributed by atoms with Crippen molar-refractivity contribution in [2.24, 2.45) is 104 Å². The molecule has 35 nitrogen and oxygen atoms in total. The molecule has 118 heavy (non-hydrogen) atoms. The highest BCUT2D eigenvalue weighted by molar-refractivity contribution is 6.10. The number of carbonyl (C=O) groups excluding carboxylic acids is 7. The lowest BCUT2D eigenvalue weighted by Crippen LogP contribution is -3.00. The van der Waals surface area contributed by atoms with Crippen LogP contribution in [0.5, 0.6) is 0 Å². The molecule has 4 rings (SSSR count). The Bertz CT molecular complexity index is 3930. The summed E-state index contributed by atoms with van der Waals surface area (Å²) in [7, 11) is 0. The van der Waals surface area contributed by atoms with Crippen LogP contribution < -0.4 is 102 Å². The highest BCUT2D eigenvalue weighted by atomic mass is 35.5. The van der Waals surface area contributed by atoms with Crippen molar-refractivity contribution in [2.75, 3.05) is 149 Å². The first-order valence-corrected chi connectivity index (χ1v) is 41.9. The molecule has 0 bridgehead atoms. The van der Waals surface area contributed by atoms with Crippen LogP contribution in [0, 0.1) is 0 Å². The van der Waals surface area contributed by atoms with E-state index in [9.17, 15) is 9.59 Å². The van der Waals surface area contributed by atoms with Gasteiger partial charge in [-0.15, -0.1) is 0 Å². The van der Waals surface area contributed by atoms with Gasteiger partial charge in [-0.3, -0.25) is 63.5 Å². The van der Waals surface area contributed by atoms with Crippen LogP contribution in [0.25, 0.3) is 33.4 Å². The quantitative estimate of drug-likeness (QED) is 0.00905. The number of carbonyl (C=O) groups is 7. The van der Waals surface area contributed by atoms with Crippen LogP contribution in [0.3, 0.4) is 0 Å². The Morgan fingerprint density at radius 3 is 0.983 bits per heavy atom. The first kappa shape index (κ1) is 101. The predicted octanol–water partition coefficient (Wildman–Crippen LogP) is -0.0599. The molecule has 0 saturated heterocycles. The van der Waals surface area contributed by atoms with Crippen molar-refractivity contribution in [1.29, 1.82) is 0 Å². The number of nitrogens with two attached hydrogens (primary N) is 13. The normalized spacial score (nSPS) is 10.8. The first-order valence-electron chi connectivity index (χ1n) is 41.9. The van der Waals surface area contributed by atoms with Gasteiger partial charge < -0.3 is 126 Å². The number of primary amides is 1. The number of guanidine groups is 6. The number of nitrogens with zero attached hydrogens (tertiary/aromatic N) is 14. The first-order chi connectivity index (χ1) is 56.2. The zero-order valence-electron chi connectivity index (χ0n) is 70.7. The molecule has 0 unspecified atom stereocenters. The molecule has 1 aliphatic carbocycles. The van der Waals surface area contributed by atoms with Crippen LogP contribution in [0.4, 0.5) is 5.69 Å². The summed E-state index contributed by atoms with van der Waals surface area (Å²) in [4.78, 5) is 141. The molecule has 658 valence electrons. The van der Waals surface area contributed by atoms with Crippen molar-refractivity contribution in [3.63, 3.8) is 0 Å². The molecule has 1 aliphatic heterocycles. The SMILES string of the molecule is CCN(CC)c1ccc2c(-c3ccccc3C(=O)N(CCCCCCN=C(N)N)CC(=O)N(CCCCCCN=C(N)N)CC(=O)N(CCCCCCN=C(N)N)CC(=O)N(CCCCCCN=C(N)N)CC(=O)N(CCCCCCN=C(N)N)CC(=O)N(CCCCCCN=C(N)N)CC(N)=O)c3ccc(=[N+](CC)CC)cc-3oc2c1.[Cl-]. The van der Waals surface area contributed by atoms with E-state index in [2.05, 4.69) is 79.3 Å². The summed E-state index contributed by atoms with van der Waals surface area (Å²) in [5.74, 6) is -3.29. The summed E-state index contributed by atoms with van der Waals surface area (Å²) in [6.45, 7) is 12.0. The van der Waals surface area contributed by atoms with Gasteiger partial charge in [0, 0.05) is 132 Å². The van der Waals surface area contributed by atoms with Gasteiger partial charge in [-0.05, 0) is 135 Å².